The number of nitrogens with zero attached hydrogens (tertiary/aromatic N) is 1. The van der Waals surface area contributed by atoms with E-state index >= 15 is 0 Å². The molecular formula is C31H31NO5. The largest absolute Gasteiger partial charge is 0.514 e. The molecule has 0 aromatic heterocycles. The minimum absolute atomic E-state index is 0.0803. The van der Waals surface area contributed by atoms with Gasteiger partial charge in [-0.05, 0) is 37.5 Å². The first-order valence-corrected chi connectivity index (χ1v) is 12.4. The maximum atomic E-state index is 9.75. The van der Waals surface area contributed by atoms with E-state index in [2.05, 4.69) is 36.4 Å². The lowest BCUT2D eigenvalue weighted by Crippen LogP contribution is -2.45. The van der Waals surface area contributed by atoms with Crippen molar-refractivity contribution in [2.24, 2.45) is 0 Å². The average Bonchev–Trinajstić information content (AvgIpc) is 3.32. The highest BCUT2D eigenvalue weighted by Gasteiger charge is 2.64. The molecule has 190 valence electrons. The molecular weight excluding hydrogens is 466 g/mol. The Balaban J connectivity index is 1.58. The first-order valence-electron chi connectivity index (χ1n) is 12.4. The van der Waals surface area contributed by atoms with E-state index in [0.717, 1.165) is 23.0 Å². The van der Waals surface area contributed by atoms with Crippen molar-refractivity contribution in [2.75, 3.05) is 6.61 Å². The van der Waals surface area contributed by atoms with Crippen molar-refractivity contribution in [2.45, 2.75) is 56.1 Å². The monoisotopic (exact) mass is 497 g/mol. The van der Waals surface area contributed by atoms with Gasteiger partial charge in [0.15, 0.2) is 5.79 Å². The fourth-order valence-electron chi connectivity index (χ4n) is 5.70. The Bertz CT molecular complexity index is 1190. The van der Waals surface area contributed by atoms with E-state index < -0.39 is 35.3 Å². The van der Waals surface area contributed by atoms with Crippen LogP contribution >= 0.6 is 0 Å². The lowest BCUT2D eigenvalue weighted by atomic mass is 9.80. The maximum Gasteiger partial charge on any atom is 0.164 e. The van der Waals surface area contributed by atoms with Crippen LogP contribution in [0.25, 0.3) is 0 Å². The Kier molecular flexibility index (Phi) is 6.65. The zero-order chi connectivity index (χ0) is 26.1. The molecule has 0 amide bonds. The molecule has 0 spiro atoms. The Morgan fingerprint density at radius 3 is 1.84 bits per heavy atom. The Morgan fingerprint density at radius 1 is 0.919 bits per heavy atom. The van der Waals surface area contributed by atoms with Gasteiger partial charge in [0.05, 0.1) is 18.4 Å². The fourth-order valence-corrected chi connectivity index (χ4v) is 5.70. The van der Waals surface area contributed by atoms with Gasteiger partial charge >= 0.3 is 0 Å². The van der Waals surface area contributed by atoms with E-state index in [1.165, 1.54) is 0 Å². The van der Waals surface area contributed by atoms with Crippen LogP contribution in [0.3, 0.4) is 0 Å². The van der Waals surface area contributed by atoms with Gasteiger partial charge in [0, 0.05) is 0 Å². The topological polar surface area (TPSA) is 80.9 Å². The molecule has 2 aliphatic heterocycles. The Hall–Kier alpha value is -3.47. The van der Waals surface area contributed by atoms with Gasteiger partial charge in [0.2, 0.25) is 0 Å². The van der Waals surface area contributed by atoms with Crippen LogP contribution < -0.4 is 0 Å². The lowest BCUT2D eigenvalue weighted by Gasteiger charge is -2.37. The Morgan fingerprint density at radius 2 is 1.41 bits per heavy atom. The van der Waals surface area contributed by atoms with Crippen LogP contribution in [0.4, 0.5) is 0 Å². The molecule has 4 atom stereocenters. The first-order chi connectivity index (χ1) is 17.8. The zero-order valence-corrected chi connectivity index (χ0v) is 21.2. The summed E-state index contributed by atoms with van der Waals surface area (Å²) in [6.45, 7) is 5.68. The third-order valence-corrected chi connectivity index (χ3v) is 7.17. The molecule has 0 saturated carbocycles. The SMILES string of the molecule is CC1(C)O[C@@H]2C(COC(c3ccccc3)(c3ccccc3)c3ccccc3)OC(/C(C#N)=C/O)[C@]2(C)O1. The highest BCUT2D eigenvalue weighted by atomic mass is 16.8. The van der Waals surface area contributed by atoms with E-state index in [9.17, 15) is 10.4 Å². The zero-order valence-electron chi connectivity index (χ0n) is 21.2. The number of fused-ring (bicyclic) bond motifs is 1. The summed E-state index contributed by atoms with van der Waals surface area (Å²) in [5, 5.41) is 19.4. The highest BCUT2D eigenvalue weighted by molar-refractivity contribution is 5.47. The second-order valence-electron chi connectivity index (χ2n) is 10.1. The summed E-state index contributed by atoms with van der Waals surface area (Å²) in [5.74, 6) is -0.884. The molecule has 37 heavy (non-hydrogen) atoms. The molecule has 2 heterocycles. The minimum Gasteiger partial charge on any atom is -0.514 e. The van der Waals surface area contributed by atoms with Gasteiger partial charge in [-0.2, -0.15) is 5.26 Å². The van der Waals surface area contributed by atoms with E-state index in [0.29, 0.717) is 0 Å². The molecule has 1 N–H and O–H groups in total. The van der Waals surface area contributed by atoms with Gasteiger partial charge in [-0.25, -0.2) is 0 Å². The number of aliphatic hydroxyl groups excluding tert-OH is 1. The van der Waals surface area contributed by atoms with Gasteiger partial charge < -0.3 is 24.1 Å². The highest BCUT2D eigenvalue weighted by Crippen LogP contribution is 2.49. The van der Waals surface area contributed by atoms with Crippen LogP contribution in [0, 0.1) is 11.3 Å². The number of hydrogen-bond donors (Lipinski definition) is 1. The van der Waals surface area contributed by atoms with Crippen molar-refractivity contribution in [3.63, 3.8) is 0 Å². The average molecular weight is 498 g/mol. The molecule has 3 aromatic rings. The number of rotatable bonds is 7. The summed E-state index contributed by atoms with van der Waals surface area (Å²) >= 11 is 0. The second-order valence-corrected chi connectivity index (χ2v) is 10.1. The van der Waals surface area contributed by atoms with Gasteiger partial charge in [-0.3, -0.25) is 0 Å². The van der Waals surface area contributed by atoms with Crippen molar-refractivity contribution < 1.29 is 24.1 Å². The predicted molar refractivity (Wildman–Crippen MR) is 139 cm³/mol. The molecule has 5 rings (SSSR count). The lowest BCUT2D eigenvalue weighted by molar-refractivity contribution is -0.203. The second kappa shape index (κ2) is 9.77. The number of aliphatic hydroxyl groups is 1. The van der Waals surface area contributed by atoms with Crippen LogP contribution in [0.1, 0.15) is 37.5 Å². The van der Waals surface area contributed by atoms with Crippen molar-refractivity contribution in [1.82, 2.24) is 0 Å². The first kappa shape index (κ1) is 25.2. The van der Waals surface area contributed by atoms with E-state index in [1.54, 1.807) is 0 Å². The van der Waals surface area contributed by atoms with Crippen molar-refractivity contribution >= 4 is 0 Å². The van der Waals surface area contributed by atoms with Crippen LogP contribution in [-0.4, -0.2) is 41.4 Å². The molecule has 6 nitrogen and oxygen atoms in total. The van der Waals surface area contributed by atoms with Gasteiger partial charge in [-0.15, -0.1) is 0 Å². The quantitative estimate of drug-likeness (QED) is 0.259. The summed E-state index contributed by atoms with van der Waals surface area (Å²) in [6, 6.07) is 32.3. The normalized spacial score (nSPS) is 27.0. The molecule has 0 aliphatic carbocycles. The summed E-state index contributed by atoms with van der Waals surface area (Å²) in [4.78, 5) is 0. The third kappa shape index (κ3) is 4.35. The third-order valence-electron chi connectivity index (χ3n) is 7.17. The van der Waals surface area contributed by atoms with Crippen molar-refractivity contribution in [3.8, 4) is 6.07 Å². The van der Waals surface area contributed by atoms with Gasteiger partial charge in [0.1, 0.15) is 35.6 Å². The summed E-state index contributed by atoms with van der Waals surface area (Å²) in [5.41, 5.74) is 1.10. The van der Waals surface area contributed by atoms with E-state index in [-0.39, 0.29) is 12.2 Å². The van der Waals surface area contributed by atoms with E-state index in [4.69, 9.17) is 18.9 Å². The van der Waals surface area contributed by atoms with Crippen LogP contribution in [0.15, 0.2) is 103 Å². The number of nitriles is 1. The van der Waals surface area contributed by atoms with Gasteiger partial charge in [0.25, 0.3) is 0 Å². The summed E-state index contributed by atoms with van der Waals surface area (Å²) < 4.78 is 25.9. The number of hydrogen-bond acceptors (Lipinski definition) is 6. The standard InChI is InChI=1S/C31H31NO5/c1-29(2)36-28-26(35-27(22(19-32)20-33)30(28,3)37-29)21-34-31(23-13-7-4-8-14-23,24-15-9-5-10-16-24)25-17-11-6-12-18-25/h4-18,20,26-28,33H,21H2,1-3H3/b22-20+/t26?,27?,28-,30+/m1/s1. The van der Waals surface area contributed by atoms with Crippen molar-refractivity contribution in [3.05, 3.63) is 120 Å². The molecule has 3 aromatic carbocycles. The predicted octanol–water partition coefficient (Wildman–Crippen LogP) is 5.64. The maximum absolute atomic E-state index is 9.75. The molecule has 2 aliphatic rings. The minimum atomic E-state index is -0.975. The molecule has 2 fully saturated rings. The fraction of sp³-hybridized carbons (Fsp3) is 0.323. The van der Waals surface area contributed by atoms with Crippen LogP contribution in [0.2, 0.25) is 0 Å². The van der Waals surface area contributed by atoms with E-state index in [1.807, 2.05) is 81.4 Å². The van der Waals surface area contributed by atoms with Crippen LogP contribution in [0.5, 0.6) is 0 Å². The molecule has 0 radical (unpaired) electrons. The molecule has 2 saturated heterocycles. The van der Waals surface area contributed by atoms with Crippen molar-refractivity contribution in [1.29, 1.82) is 5.26 Å². The number of benzene rings is 3. The smallest absolute Gasteiger partial charge is 0.164 e. The van der Waals surface area contributed by atoms with Crippen LogP contribution in [-0.2, 0) is 24.5 Å². The Labute approximate surface area is 217 Å². The molecule has 2 unspecified atom stereocenters. The molecule has 6 heteroatoms. The van der Waals surface area contributed by atoms with Gasteiger partial charge in [-0.1, -0.05) is 91.0 Å². The summed E-state index contributed by atoms with van der Waals surface area (Å²) in [6.07, 6.45) is -1.10. The summed E-state index contributed by atoms with van der Waals surface area (Å²) in [7, 11) is 0. The molecule has 0 bridgehead atoms. The number of ether oxygens (including phenoxy) is 4.